The summed E-state index contributed by atoms with van der Waals surface area (Å²) in [7, 11) is 0. The maximum absolute atomic E-state index is 11.7. The van der Waals surface area contributed by atoms with Gasteiger partial charge in [-0.3, -0.25) is 20.4 Å². The second-order valence-corrected chi connectivity index (χ2v) is 5.92. The van der Waals surface area contributed by atoms with Gasteiger partial charge in [-0.15, -0.1) is 0 Å². The molecule has 0 saturated carbocycles. The summed E-state index contributed by atoms with van der Waals surface area (Å²) in [6.45, 7) is 3.65. The van der Waals surface area contributed by atoms with E-state index in [4.69, 9.17) is 16.3 Å². The van der Waals surface area contributed by atoms with Crippen LogP contribution in [0.2, 0.25) is 5.02 Å². The number of hydrogen-bond donors (Lipinski definition) is 2. The number of benzene rings is 2. The topological polar surface area (TPSA) is 67.4 Å². The van der Waals surface area contributed by atoms with E-state index >= 15 is 0 Å². The van der Waals surface area contributed by atoms with Crippen LogP contribution in [0.15, 0.2) is 48.5 Å². The lowest BCUT2D eigenvalue weighted by Crippen LogP contribution is -2.43. The lowest BCUT2D eigenvalue weighted by Gasteiger charge is -2.10. The summed E-state index contributed by atoms with van der Waals surface area (Å²) in [5.41, 5.74) is 7.40. The molecule has 0 bridgehead atoms. The smallest absolute Gasteiger partial charge is 0.276 e. The Morgan fingerprint density at radius 3 is 2.52 bits per heavy atom. The molecule has 2 N–H and O–H groups in total. The molecule has 0 spiro atoms. The molecule has 0 radical (unpaired) electrons. The molecule has 2 aromatic rings. The maximum Gasteiger partial charge on any atom is 0.276 e. The molecule has 2 amide bonds. The van der Waals surface area contributed by atoms with Crippen molar-refractivity contribution < 1.29 is 14.3 Å². The first-order valence-electron chi connectivity index (χ1n) is 7.66. The number of aryl methyl sites for hydroxylation is 2. The third-order valence-corrected chi connectivity index (χ3v) is 3.58. The zero-order valence-corrected chi connectivity index (χ0v) is 14.8. The fraction of sp³-hybridized carbons (Fsp3) is 0.158. The van der Waals surface area contributed by atoms with E-state index in [1.54, 1.807) is 30.3 Å². The average Bonchev–Trinajstić information content (AvgIpc) is 2.60. The molecular weight excluding hydrogens is 340 g/mol. The Morgan fingerprint density at radius 2 is 1.80 bits per heavy atom. The van der Waals surface area contributed by atoms with Gasteiger partial charge in [0.25, 0.3) is 11.8 Å². The van der Waals surface area contributed by atoms with Gasteiger partial charge in [-0.1, -0.05) is 35.9 Å². The summed E-state index contributed by atoms with van der Waals surface area (Å²) >= 11 is 5.79. The van der Waals surface area contributed by atoms with Gasteiger partial charge >= 0.3 is 0 Å². The number of carbonyl (C=O) groups is 2. The van der Waals surface area contributed by atoms with Gasteiger partial charge in [0.1, 0.15) is 5.75 Å². The monoisotopic (exact) mass is 358 g/mol. The lowest BCUT2D eigenvalue weighted by molar-refractivity contribution is -0.128. The predicted molar refractivity (Wildman–Crippen MR) is 98.2 cm³/mol. The Hall–Kier alpha value is -2.79. The lowest BCUT2D eigenvalue weighted by atomic mass is 10.1. The second-order valence-electron chi connectivity index (χ2n) is 5.48. The van der Waals surface area contributed by atoms with Crippen LogP contribution in [0.5, 0.6) is 5.75 Å². The standard InChI is InChI=1S/C19H19ClN2O3/c1-13-3-4-14(2)17(11-13)25-12-19(24)22-21-18(23)10-7-15-5-8-16(20)9-6-15/h3-11H,12H2,1-2H3,(H,21,23)(H,22,24). The van der Waals surface area contributed by atoms with Crippen molar-refractivity contribution in [1.29, 1.82) is 0 Å². The summed E-state index contributed by atoms with van der Waals surface area (Å²) in [6, 6.07) is 12.8. The molecule has 2 aromatic carbocycles. The van der Waals surface area contributed by atoms with Gasteiger partial charge in [0, 0.05) is 11.1 Å². The van der Waals surface area contributed by atoms with Crippen LogP contribution in [0.25, 0.3) is 6.08 Å². The summed E-state index contributed by atoms with van der Waals surface area (Å²) in [5, 5.41) is 0.623. The van der Waals surface area contributed by atoms with E-state index in [1.165, 1.54) is 6.08 Å². The Morgan fingerprint density at radius 1 is 1.08 bits per heavy atom. The van der Waals surface area contributed by atoms with Crippen molar-refractivity contribution in [3.8, 4) is 5.75 Å². The molecule has 0 heterocycles. The van der Waals surface area contributed by atoms with Crippen LogP contribution in [-0.2, 0) is 9.59 Å². The zero-order valence-electron chi connectivity index (χ0n) is 14.0. The molecule has 0 unspecified atom stereocenters. The number of ether oxygens (including phenoxy) is 1. The van der Waals surface area contributed by atoms with Crippen LogP contribution in [-0.4, -0.2) is 18.4 Å². The van der Waals surface area contributed by atoms with Gasteiger partial charge in [-0.2, -0.15) is 0 Å². The third kappa shape index (κ3) is 6.31. The Balaban J connectivity index is 1.76. The number of hydrazine groups is 1. The van der Waals surface area contributed by atoms with E-state index in [0.717, 1.165) is 16.7 Å². The van der Waals surface area contributed by atoms with Gasteiger partial charge in [0.15, 0.2) is 6.61 Å². The van der Waals surface area contributed by atoms with E-state index in [1.807, 2.05) is 32.0 Å². The number of nitrogens with one attached hydrogen (secondary N) is 2. The fourth-order valence-corrected chi connectivity index (χ4v) is 2.09. The maximum atomic E-state index is 11.7. The minimum atomic E-state index is -0.450. The molecule has 0 aliphatic carbocycles. The average molecular weight is 359 g/mol. The summed E-state index contributed by atoms with van der Waals surface area (Å²) in [6.07, 6.45) is 2.93. The van der Waals surface area contributed by atoms with Crippen LogP contribution < -0.4 is 15.6 Å². The number of halogens is 1. The van der Waals surface area contributed by atoms with E-state index in [0.29, 0.717) is 10.8 Å². The van der Waals surface area contributed by atoms with Gasteiger partial charge in [0.2, 0.25) is 0 Å². The van der Waals surface area contributed by atoms with Crippen LogP contribution >= 0.6 is 11.6 Å². The van der Waals surface area contributed by atoms with E-state index in [2.05, 4.69) is 10.9 Å². The van der Waals surface area contributed by atoms with Crippen molar-refractivity contribution in [2.24, 2.45) is 0 Å². The van der Waals surface area contributed by atoms with Crippen molar-refractivity contribution in [2.45, 2.75) is 13.8 Å². The van der Waals surface area contributed by atoms with Gasteiger partial charge in [-0.25, -0.2) is 0 Å². The van der Waals surface area contributed by atoms with Crippen molar-refractivity contribution >= 4 is 29.5 Å². The van der Waals surface area contributed by atoms with Gasteiger partial charge in [-0.05, 0) is 54.8 Å². The minimum absolute atomic E-state index is 0.189. The molecular formula is C19H19ClN2O3. The first-order valence-corrected chi connectivity index (χ1v) is 8.04. The molecule has 0 fully saturated rings. The molecule has 2 rings (SSSR count). The molecule has 5 nitrogen and oxygen atoms in total. The first kappa shape index (κ1) is 18.5. The van der Waals surface area contributed by atoms with Crippen LogP contribution in [0.4, 0.5) is 0 Å². The normalized spacial score (nSPS) is 10.5. The minimum Gasteiger partial charge on any atom is -0.483 e. The fourth-order valence-electron chi connectivity index (χ4n) is 1.96. The molecule has 6 heteroatoms. The van der Waals surface area contributed by atoms with Gasteiger partial charge in [0.05, 0.1) is 0 Å². The Kier molecular flexibility index (Phi) is 6.60. The molecule has 130 valence electrons. The van der Waals surface area contributed by atoms with Crippen LogP contribution in [0.1, 0.15) is 16.7 Å². The molecule has 0 aliphatic heterocycles. The van der Waals surface area contributed by atoms with Crippen molar-refractivity contribution in [3.05, 3.63) is 70.3 Å². The van der Waals surface area contributed by atoms with Crippen LogP contribution in [0, 0.1) is 13.8 Å². The zero-order chi connectivity index (χ0) is 18.2. The van der Waals surface area contributed by atoms with Crippen LogP contribution in [0.3, 0.4) is 0 Å². The highest BCUT2D eigenvalue weighted by atomic mass is 35.5. The summed E-state index contributed by atoms with van der Waals surface area (Å²) < 4.78 is 5.46. The van der Waals surface area contributed by atoms with E-state index < -0.39 is 11.8 Å². The highest BCUT2D eigenvalue weighted by Gasteiger charge is 2.06. The van der Waals surface area contributed by atoms with Crippen molar-refractivity contribution in [2.75, 3.05) is 6.61 Å². The summed E-state index contributed by atoms with van der Waals surface area (Å²) in [5.74, 6) is -0.256. The molecule has 0 aliphatic rings. The number of rotatable bonds is 5. The Labute approximate surface area is 151 Å². The molecule has 0 aromatic heterocycles. The van der Waals surface area contributed by atoms with E-state index in [-0.39, 0.29) is 6.61 Å². The first-order chi connectivity index (χ1) is 11.9. The Bertz CT molecular complexity index is 786. The highest BCUT2D eigenvalue weighted by Crippen LogP contribution is 2.18. The number of amides is 2. The predicted octanol–water partition coefficient (Wildman–Crippen LogP) is 3.20. The largest absolute Gasteiger partial charge is 0.483 e. The number of carbonyl (C=O) groups excluding carboxylic acids is 2. The molecule has 25 heavy (non-hydrogen) atoms. The van der Waals surface area contributed by atoms with Crippen molar-refractivity contribution in [1.82, 2.24) is 10.9 Å². The molecule has 0 saturated heterocycles. The quantitative estimate of drug-likeness (QED) is 0.637. The highest BCUT2D eigenvalue weighted by molar-refractivity contribution is 6.30. The number of hydrogen-bond acceptors (Lipinski definition) is 3. The third-order valence-electron chi connectivity index (χ3n) is 3.32. The van der Waals surface area contributed by atoms with E-state index in [9.17, 15) is 9.59 Å². The summed E-state index contributed by atoms with van der Waals surface area (Å²) in [4.78, 5) is 23.4. The molecule has 0 atom stereocenters. The SMILES string of the molecule is Cc1ccc(C)c(OCC(=O)NNC(=O)C=Cc2ccc(Cl)cc2)c1. The van der Waals surface area contributed by atoms with Crippen molar-refractivity contribution in [3.63, 3.8) is 0 Å². The second kappa shape index (κ2) is 8.89. The van der Waals surface area contributed by atoms with Gasteiger partial charge < -0.3 is 4.74 Å².